The SMILES string of the molecule is CCOc1ccc2nc(NC(=O)C3CCN(c4ccc(-n5nc(C)cc5C)nn4)CC3)sc2c1. The number of thiazole rings is 1. The lowest BCUT2D eigenvalue weighted by molar-refractivity contribution is -0.120. The highest BCUT2D eigenvalue weighted by molar-refractivity contribution is 7.22. The van der Waals surface area contributed by atoms with Crippen LogP contribution in [0.4, 0.5) is 10.9 Å². The Labute approximate surface area is 201 Å². The molecule has 4 heterocycles. The van der Waals surface area contributed by atoms with Gasteiger partial charge in [0.25, 0.3) is 0 Å². The fourth-order valence-corrected chi connectivity index (χ4v) is 5.15. The van der Waals surface area contributed by atoms with Gasteiger partial charge in [-0.05, 0) is 70.0 Å². The molecule has 0 unspecified atom stereocenters. The number of carbonyl (C=O) groups excluding carboxylic acids is 1. The summed E-state index contributed by atoms with van der Waals surface area (Å²) in [6, 6.07) is 11.7. The Morgan fingerprint density at radius 3 is 2.56 bits per heavy atom. The number of amides is 1. The van der Waals surface area contributed by atoms with Crippen molar-refractivity contribution in [3.05, 3.63) is 47.8 Å². The number of piperidine rings is 1. The smallest absolute Gasteiger partial charge is 0.229 e. The van der Waals surface area contributed by atoms with E-state index in [9.17, 15) is 4.79 Å². The molecule has 0 bridgehead atoms. The second-order valence-electron chi connectivity index (χ2n) is 8.42. The summed E-state index contributed by atoms with van der Waals surface area (Å²) in [5.74, 6) is 2.31. The number of benzene rings is 1. The van der Waals surface area contributed by atoms with Crippen LogP contribution in [-0.2, 0) is 4.79 Å². The Morgan fingerprint density at radius 1 is 1.12 bits per heavy atom. The van der Waals surface area contributed by atoms with E-state index in [-0.39, 0.29) is 11.8 Å². The summed E-state index contributed by atoms with van der Waals surface area (Å²) in [6.07, 6.45) is 1.51. The third kappa shape index (κ3) is 4.58. The van der Waals surface area contributed by atoms with Crippen LogP contribution in [0.15, 0.2) is 36.4 Å². The van der Waals surface area contributed by atoms with Gasteiger partial charge in [0.15, 0.2) is 16.8 Å². The minimum Gasteiger partial charge on any atom is -0.494 e. The van der Waals surface area contributed by atoms with Gasteiger partial charge >= 0.3 is 0 Å². The van der Waals surface area contributed by atoms with Crippen molar-refractivity contribution in [2.24, 2.45) is 5.92 Å². The van der Waals surface area contributed by atoms with E-state index in [0.717, 1.165) is 59.1 Å². The van der Waals surface area contributed by atoms with Crippen LogP contribution in [-0.4, -0.2) is 50.6 Å². The van der Waals surface area contributed by atoms with Gasteiger partial charge in [-0.15, -0.1) is 10.2 Å². The lowest BCUT2D eigenvalue weighted by Crippen LogP contribution is -2.38. The van der Waals surface area contributed by atoms with Crippen molar-refractivity contribution in [1.29, 1.82) is 0 Å². The molecule has 0 aliphatic carbocycles. The van der Waals surface area contributed by atoms with Crippen molar-refractivity contribution < 1.29 is 9.53 Å². The first-order chi connectivity index (χ1) is 16.5. The number of fused-ring (bicyclic) bond motifs is 1. The lowest BCUT2D eigenvalue weighted by Gasteiger charge is -2.31. The topological polar surface area (TPSA) is 98.1 Å². The van der Waals surface area contributed by atoms with Crippen LogP contribution in [0.2, 0.25) is 0 Å². The number of anilines is 2. The number of rotatable bonds is 6. The molecule has 0 atom stereocenters. The molecule has 1 fully saturated rings. The third-order valence-corrected chi connectivity index (χ3v) is 6.89. The molecule has 10 heteroatoms. The zero-order chi connectivity index (χ0) is 23.7. The molecule has 0 spiro atoms. The first-order valence-electron chi connectivity index (χ1n) is 11.5. The van der Waals surface area contributed by atoms with E-state index in [0.29, 0.717) is 17.6 Å². The van der Waals surface area contributed by atoms with Crippen molar-refractivity contribution >= 4 is 38.4 Å². The molecule has 1 amide bonds. The third-order valence-electron chi connectivity index (χ3n) is 5.95. The maximum atomic E-state index is 12.9. The Balaban J connectivity index is 1.18. The van der Waals surface area contributed by atoms with Gasteiger partial charge in [0, 0.05) is 24.7 Å². The highest BCUT2D eigenvalue weighted by Gasteiger charge is 2.26. The molecule has 0 radical (unpaired) electrons. The molecule has 5 rings (SSSR count). The number of ether oxygens (including phenoxy) is 1. The molecule has 176 valence electrons. The Hall–Kier alpha value is -3.53. The predicted octanol–water partition coefficient (Wildman–Crippen LogP) is 4.14. The summed E-state index contributed by atoms with van der Waals surface area (Å²) in [5, 5.41) is 16.9. The molecule has 0 saturated carbocycles. The van der Waals surface area contributed by atoms with Gasteiger partial charge in [0.1, 0.15) is 5.75 Å². The summed E-state index contributed by atoms with van der Waals surface area (Å²) in [5.41, 5.74) is 2.83. The van der Waals surface area contributed by atoms with E-state index in [1.165, 1.54) is 11.3 Å². The van der Waals surface area contributed by atoms with Crippen molar-refractivity contribution in [3.8, 4) is 11.6 Å². The molecular weight excluding hydrogens is 450 g/mol. The fraction of sp³-hybridized carbons (Fsp3) is 0.375. The van der Waals surface area contributed by atoms with E-state index < -0.39 is 0 Å². The minimum atomic E-state index is -0.0517. The van der Waals surface area contributed by atoms with Gasteiger partial charge < -0.3 is 15.0 Å². The zero-order valence-electron chi connectivity index (χ0n) is 19.5. The predicted molar refractivity (Wildman–Crippen MR) is 133 cm³/mol. The van der Waals surface area contributed by atoms with E-state index in [1.807, 2.05) is 57.2 Å². The van der Waals surface area contributed by atoms with Crippen LogP contribution in [0, 0.1) is 19.8 Å². The molecule has 3 aromatic heterocycles. The first-order valence-corrected chi connectivity index (χ1v) is 12.3. The summed E-state index contributed by atoms with van der Waals surface area (Å²) in [4.78, 5) is 19.6. The quantitative estimate of drug-likeness (QED) is 0.446. The monoisotopic (exact) mass is 477 g/mol. The molecule has 4 aromatic rings. The number of aryl methyl sites for hydroxylation is 2. The molecule has 1 saturated heterocycles. The summed E-state index contributed by atoms with van der Waals surface area (Å²) >= 11 is 1.47. The lowest BCUT2D eigenvalue weighted by atomic mass is 9.96. The van der Waals surface area contributed by atoms with E-state index in [4.69, 9.17) is 4.74 Å². The average molecular weight is 478 g/mol. The molecule has 1 aliphatic rings. The van der Waals surface area contributed by atoms with E-state index in [1.54, 1.807) is 4.68 Å². The maximum absolute atomic E-state index is 12.9. The van der Waals surface area contributed by atoms with Crippen molar-refractivity contribution in [2.45, 2.75) is 33.6 Å². The van der Waals surface area contributed by atoms with Crippen LogP contribution < -0.4 is 15.0 Å². The van der Waals surface area contributed by atoms with Gasteiger partial charge in [0.2, 0.25) is 5.91 Å². The van der Waals surface area contributed by atoms with E-state index in [2.05, 4.69) is 30.5 Å². The second kappa shape index (κ2) is 9.38. The van der Waals surface area contributed by atoms with Gasteiger partial charge in [-0.2, -0.15) is 5.10 Å². The largest absolute Gasteiger partial charge is 0.494 e. The number of aromatic nitrogens is 5. The van der Waals surface area contributed by atoms with E-state index >= 15 is 0 Å². The van der Waals surface area contributed by atoms with Gasteiger partial charge in [0.05, 0.1) is 22.5 Å². The summed E-state index contributed by atoms with van der Waals surface area (Å²) in [7, 11) is 0. The Morgan fingerprint density at radius 2 is 1.88 bits per heavy atom. The molecular formula is C24H27N7O2S. The van der Waals surface area contributed by atoms with Crippen LogP contribution in [0.25, 0.3) is 16.0 Å². The van der Waals surface area contributed by atoms with Gasteiger partial charge in [-0.1, -0.05) is 11.3 Å². The van der Waals surface area contributed by atoms with Crippen LogP contribution in [0.3, 0.4) is 0 Å². The standard InChI is InChI=1S/C24H27N7O2S/c1-4-33-18-5-6-19-20(14-18)34-24(25-19)26-23(32)17-9-11-30(12-10-17)21-7-8-22(28-27-21)31-16(3)13-15(2)29-31/h5-8,13-14,17H,4,9-12H2,1-3H3,(H,25,26,32). The molecule has 1 aliphatic heterocycles. The van der Waals surface area contributed by atoms with Crippen LogP contribution >= 0.6 is 11.3 Å². The summed E-state index contributed by atoms with van der Waals surface area (Å²) < 4.78 is 8.35. The number of nitrogens with one attached hydrogen (secondary N) is 1. The number of hydrogen-bond acceptors (Lipinski definition) is 8. The average Bonchev–Trinajstić information content (AvgIpc) is 3.40. The van der Waals surface area contributed by atoms with Gasteiger partial charge in [-0.25, -0.2) is 9.67 Å². The highest BCUT2D eigenvalue weighted by atomic mass is 32.1. The normalized spacial score (nSPS) is 14.5. The molecule has 1 N–H and O–H groups in total. The molecule has 1 aromatic carbocycles. The summed E-state index contributed by atoms with van der Waals surface area (Å²) in [6.45, 7) is 8.04. The highest BCUT2D eigenvalue weighted by Crippen LogP contribution is 2.30. The van der Waals surface area contributed by atoms with Crippen LogP contribution in [0.1, 0.15) is 31.2 Å². The van der Waals surface area contributed by atoms with Crippen molar-refractivity contribution in [3.63, 3.8) is 0 Å². The fourth-order valence-electron chi connectivity index (χ4n) is 4.25. The van der Waals surface area contributed by atoms with Crippen molar-refractivity contribution in [2.75, 3.05) is 29.9 Å². The number of nitrogens with zero attached hydrogens (tertiary/aromatic N) is 6. The van der Waals surface area contributed by atoms with Gasteiger partial charge in [-0.3, -0.25) is 4.79 Å². The molecule has 9 nitrogen and oxygen atoms in total. The minimum absolute atomic E-state index is 0.0229. The van der Waals surface area contributed by atoms with Crippen LogP contribution in [0.5, 0.6) is 5.75 Å². The Kier molecular flexibility index (Phi) is 6.14. The Bertz CT molecular complexity index is 1310. The maximum Gasteiger partial charge on any atom is 0.229 e. The van der Waals surface area contributed by atoms with Crippen molar-refractivity contribution in [1.82, 2.24) is 25.0 Å². The molecule has 34 heavy (non-hydrogen) atoms. The second-order valence-corrected chi connectivity index (χ2v) is 9.45. The number of hydrogen-bond donors (Lipinski definition) is 1. The first kappa shape index (κ1) is 22.3. The zero-order valence-corrected chi connectivity index (χ0v) is 20.3. The number of carbonyl (C=O) groups is 1.